The molecule has 2 saturated heterocycles. The number of hydrogen-bond donors (Lipinski definition) is 0. The smallest absolute Gasteiger partial charge is 0.459 e. The van der Waals surface area contributed by atoms with Crippen molar-refractivity contribution in [3.05, 3.63) is 24.3 Å². The molecule has 0 saturated carbocycles. The Morgan fingerprint density at radius 1 is 0.808 bits per heavy atom. The van der Waals surface area contributed by atoms with Crippen molar-refractivity contribution in [2.24, 2.45) is 0 Å². The summed E-state index contributed by atoms with van der Waals surface area (Å²) < 4.78 is 27.9. The fourth-order valence-electron chi connectivity index (χ4n) is 1.90. The van der Waals surface area contributed by atoms with Gasteiger partial charge in [-0.1, -0.05) is 24.3 Å². The zero-order valence-corrected chi connectivity index (χ0v) is 13.8. The molecular weight excluding hydrogens is 352 g/mol. The third-order valence-electron chi connectivity index (χ3n) is 3.18. The quantitative estimate of drug-likeness (QED) is 0.251. The van der Waals surface area contributed by atoms with Crippen LogP contribution in [0.15, 0.2) is 24.3 Å². The third kappa shape index (κ3) is 6.46. The number of carbonyl (C=O) groups is 4. The normalized spacial score (nSPS) is 22.0. The molecule has 0 aromatic carbocycles. The van der Waals surface area contributed by atoms with E-state index in [1.807, 2.05) is 12.2 Å². The molecule has 0 aliphatic carbocycles. The van der Waals surface area contributed by atoms with Gasteiger partial charge in [0.15, 0.2) is 0 Å². The fourth-order valence-corrected chi connectivity index (χ4v) is 1.90. The number of ether oxygens (including phenoxy) is 6. The van der Waals surface area contributed by atoms with Crippen LogP contribution in [-0.2, 0) is 38.0 Å². The number of rotatable bonds is 9. The molecule has 0 bridgehead atoms. The molecular formula is C16H18O10. The highest BCUT2D eigenvalue weighted by Crippen LogP contribution is 2.08. The highest BCUT2D eigenvalue weighted by molar-refractivity contribution is 5.80. The van der Waals surface area contributed by atoms with Crippen molar-refractivity contribution in [1.29, 1.82) is 0 Å². The van der Waals surface area contributed by atoms with Crippen LogP contribution in [0.1, 0.15) is 12.8 Å². The summed E-state index contributed by atoms with van der Waals surface area (Å²) in [6.45, 7) is -0.132. The Hall–Kier alpha value is -3.04. The van der Waals surface area contributed by atoms with Crippen molar-refractivity contribution in [3.8, 4) is 0 Å². The highest BCUT2D eigenvalue weighted by Gasteiger charge is 2.33. The summed E-state index contributed by atoms with van der Waals surface area (Å²) in [7, 11) is 0. The van der Waals surface area contributed by atoms with Gasteiger partial charge >= 0.3 is 24.2 Å². The fraction of sp³-hybridized carbons (Fsp3) is 0.500. The SMILES string of the molecule is O=C1OCC(C(=O)OC/C=C/CC/C=C/COC(=O)C2COC(=O)O2)O1. The number of carbonyl (C=O) groups excluding carboxylic acids is 4. The average Bonchev–Trinajstić information content (AvgIpc) is 3.24. The standard InChI is InChI=1S/C16H18O10/c17-13(11-9-23-15(19)25-11)21-7-5-3-1-2-4-6-8-22-14(18)12-10-24-16(20)26-12/h3-6,11-12H,1-2,7-10H2/b5-3+,6-4+. The number of unbranched alkanes of at least 4 members (excludes halogenated alkanes) is 1. The molecule has 2 aliphatic heterocycles. The van der Waals surface area contributed by atoms with Crippen molar-refractivity contribution in [2.75, 3.05) is 26.4 Å². The van der Waals surface area contributed by atoms with Crippen LogP contribution in [0.2, 0.25) is 0 Å². The van der Waals surface area contributed by atoms with Crippen LogP contribution < -0.4 is 0 Å². The maximum atomic E-state index is 11.5. The summed E-state index contributed by atoms with van der Waals surface area (Å²) in [6, 6.07) is 0. The number of cyclic esters (lactones) is 4. The molecule has 0 radical (unpaired) electrons. The summed E-state index contributed by atoms with van der Waals surface area (Å²) in [5.41, 5.74) is 0. The maximum absolute atomic E-state index is 11.5. The van der Waals surface area contributed by atoms with Crippen LogP contribution in [0.25, 0.3) is 0 Å². The highest BCUT2D eigenvalue weighted by atomic mass is 16.8. The third-order valence-corrected chi connectivity index (χ3v) is 3.18. The number of hydrogen-bond acceptors (Lipinski definition) is 10. The first kappa shape index (κ1) is 19.3. The Labute approximate surface area is 148 Å². The van der Waals surface area contributed by atoms with E-state index in [0.29, 0.717) is 12.8 Å². The molecule has 142 valence electrons. The molecule has 26 heavy (non-hydrogen) atoms. The van der Waals surface area contributed by atoms with Gasteiger partial charge in [0, 0.05) is 0 Å². The summed E-state index contributed by atoms with van der Waals surface area (Å²) in [6.07, 6.45) is 4.59. The summed E-state index contributed by atoms with van der Waals surface area (Å²) in [5, 5.41) is 0. The molecule has 2 unspecified atom stereocenters. The van der Waals surface area contributed by atoms with E-state index in [1.54, 1.807) is 12.2 Å². The minimum Gasteiger partial charge on any atom is -0.459 e. The van der Waals surface area contributed by atoms with Crippen LogP contribution in [0.3, 0.4) is 0 Å². The summed E-state index contributed by atoms with van der Waals surface area (Å²) >= 11 is 0. The Bertz CT molecular complexity index is 542. The molecule has 10 heteroatoms. The average molecular weight is 370 g/mol. The molecule has 0 aromatic rings. The Balaban J connectivity index is 1.46. The summed E-state index contributed by atoms with van der Waals surface area (Å²) in [5.74, 6) is -1.30. The minimum absolute atomic E-state index is 0.0659. The van der Waals surface area contributed by atoms with Crippen LogP contribution >= 0.6 is 0 Å². The van der Waals surface area contributed by atoms with E-state index >= 15 is 0 Å². The molecule has 2 heterocycles. The molecule has 0 spiro atoms. The van der Waals surface area contributed by atoms with Gasteiger partial charge in [0.1, 0.15) is 26.4 Å². The molecule has 2 atom stereocenters. The van der Waals surface area contributed by atoms with E-state index in [0.717, 1.165) is 0 Å². The first-order valence-corrected chi connectivity index (χ1v) is 7.86. The monoisotopic (exact) mass is 370 g/mol. The van der Waals surface area contributed by atoms with Gasteiger partial charge in [-0.25, -0.2) is 19.2 Å². The van der Waals surface area contributed by atoms with Gasteiger partial charge in [-0.3, -0.25) is 0 Å². The van der Waals surface area contributed by atoms with Crippen LogP contribution in [0.4, 0.5) is 9.59 Å². The molecule has 2 aliphatic rings. The van der Waals surface area contributed by atoms with Crippen molar-refractivity contribution >= 4 is 24.2 Å². The summed E-state index contributed by atoms with van der Waals surface area (Å²) in [4.78, 5) is 44.3. The molecule has 0 aromatic heterocycles. The van der Waals surface area contributed by atoms with E-state index in [1.165, 1.54) is 0 Å². The topological polar surface area (TPSA) is 124 Å². The van der Waals surface area contributed by atoms with Gasteiger partial charge in [-0.2, -0.15) is 0 Å². The Morgan fingerprint density at radius 2 is 1.23 bits per heavy atom. The van der Waals surface area contributed by atoms with Gasteiger partial charge in [-0.05, 0) is 12.8 Å². The molecule has 2 rings (SSSR count). The van der Waals surface area contributed by atoms with Gasteiger partial charge in [-0.15, -0.1) is 0 Å². The van der Waals surface area contributed by atoms with E-state index in [4.69, 9.17) is 9.47 Å². The predicted molar refractivity (Wildman–Crippen MR) is 81.9 cm³/mol. The Kier molecular flexibility index (Phi) is 7.47. The van der Waals surface area contributed by atoms with Crippen molar-refractivity contribution < 1.29 is 47.6 Å². The van der Waals surface area contributed by atoms with Gasteiger partial charge in [0.05, 0.1) is 0 Å². The second-order valence-corrected chi connectivity index (χ2v) is 5.12. The molecule has 0 amide bonds. The lowest BCUT2D eigenvalue weighted by molar-refractivity contribution is -0.151. The predicted octanol–water partition coefficient (Wildman–Crippen LogP) is 1.04. The van der Waals surface area contributed by atoms with Gasteiger partial charge in [0.25, 0.3) is 0 Å². The van der Waals surface area contributed by atoms with Gasteiger partial charge in [0.2, 0.25) is 12.2 Å². The largest absolute Gasteiger partial charge is 0.509 e. The lowest BCUT2D eigenvalue weighted by Crippen LogP contribution is -2.25. The van der Waals surface area contributed by atoms with Crippen LogP contribution in [0.5, 0.6) is 0 Å². The second-order valence-electron chi connectivity index (χ2n) is 5.12. The van der Waals surface area contributed by atoms with Crippen molar-refractivity contribution in [3.63, 3.8) is 0 Å². The number of esters is 2. The lowest BCUT2D eigenvalue weighted by Gasteiger charge is -2.05. The van der Waals surface area contributed by atoms with Crippen LogP contribution in [-0.4, -0.2) is 62.9 Å². The van der Waals surface area contributed by atoms with Crippen molar-refractivity contribution in [1.82, 2.24) is 0 Å². The maximum Gasteiger partial charge on any atom is 0.509 e. The van der Waals surface area contributed by atoms with Crippen molar-refractivity contribution in [2.45, 2.75) is 25.0 Å². The van der Waals surface area contributed by atoms with E-state index in [2.05, 4.69) is 18.9 Å². The first-order chi connectivity index (χ1) is 12.6. The Morgan fingerprint density at radius 3 is 1.58 bits per heavy atom. The molecule has 10 nitrogen and oxygen atoms in total. The minimum atomic E-state index is -0.999. The van der Waals surface area contributed by atoms with E-state index < -0.39 is 36.5 Å². The molecule has 0 N–H and O–H groups in total. The van der Waals surface area contributed by atoms with E-state index in [9.17, 15) is 19.2 Å². The van der Waals surface area contributed by atoms with Gasteiger partial charge < -0.3 is 28.4 Å². The molecule has 2 fully saturated rings. The zero-order valence-electron chi connectivity index (χ0n) is 13.8. The number of allylic oxidation sites excluding steroid dienone is 2. The van der Waals surface area contributed by atoms with E-state index in [-0.39, 0.29) is 26.4 Å². The van der Waals surface area contributed by atoms with Crippen LogP contribution in [0, 0.1) is 0 Å². The second kappa shape index (κ2) is 10.1. The zero-order chi connectivity index (χ0) is 18.8. The first-order valence-electron chi connectivity index (χ1n) is 7.86. The lowest BCUT2D eigenvalue weighted by atomic mass is 10.2.